The van der Waals surface area contributed by atoms with Gasteiger partial charge in [0.25, 0.3) is 0 Å². The van der Waals surface area contributed by atoms with E-state index in [0.717, 1.165) is 29.6 Å². The lowest BCUT2D eigenvalue weighted by molar-refractivity contribution is 0.206. The fourth-order valence-corrected chi connectivity index (χ4v) is 2.91. The normalized spacial score (nSPS) is 20.9. The van der Waals surface area contributed by atoms with Crippen LogP contribution in [-0.2, 0) is 0 Å². The van der Waals surface area contributed by atoms with E-state index in [4.69, 9.17) is 0 Å². The highest BCUT2D eigenvalue weighted by Crippen LogP contribution is 2.34. The maximum Gasteiger partial charge on any atom is -0.0206 e. The molecule has 1 atom stereocenters. The van der Waals surface area contributed by atoms with E-state index in [1.54, 1.807) is 5.57 Å². The second-order valence-electron chi connectivity index (χ2n) is 8.56. The lowest BCUT2D eigenvalue weighted by atomic mass is 9.75. The number of hydrogen-bond acceptors (Lipinski definition) is 0. The van der Waals surface area contributed by atoms with Gasteiger partial charge in [0, 0.05) is 0 Å². The van der Waals surface area contributed by atoms with Crippen LogP contribution in [0.4, 0.5) is 0 Å². The van der Waals surface area contributed by atoms with E-state index in [2.05, 4.69) is 82.2 Å². The van der Waals surface area contributed by atoms with Gasteiger partial charge in [0.05, 0.1) is 0 Å². The molecule has 0 amide bonds. The third-order valence-electron chi connectivity index (χ3n) is 4.57. The Morgan fingerprint density at radius 2 is 1.29 bits per heavy atom. The van der Waals surface area contributed by atoms with E-state index in [1.165, 1.54) is 19.3 Å². The second kappa shape index (κ2) is 17.6. The molecule has 0 aliphatic heterocycles. The average molecular weight is 341 g/mol. The van der Waals surface area contributed by atoms with Crippen LogP contribution in [0.25, 0.3) is 0 Å². The van der Waals surface area contributed by atoms with Crippen LogP contribution >= 0.6 is 0 Å². The molecule has 0 radical (unpaired) electrons. The summed E-state index contributed by atoms with van der Waals surface area (Å²) in [5.41, 5.74) is 1.60. The van der Waals surface area contributed by atoms with Gasteiger partial charge in [-0.15, -0.1) is 0 Å². The molecule has 24 heavy (non-hydrogen) atoms. The van der Waals surface area contributed by atoms with Crippen LogP contribution < -0.4 is 0 Å². The summed E-state index contributed by atoms with van der Waals surface area (Å²) >= 11 is 0. The average Bonchev–Trinajstić information content (AvgIpc) is 2.46. The molecule has 0 aromatic rings. The van der Waals surface area contributed by atoms with Gasteiger partial charge in [-0.2, -0.15) is 0 Å². The molecule has 0 heterocycles. The zero-order valence-corrected chi connectivity index (χ0v) is 19.7. The van der Waals surface area contributed by atoms with Gasteiger partial charge in [0.1, 0.15) is 0 Å². The number of allylic oxidation sites excluding steroid dienone is 2. The third kappa shape index (κ3) is 16.6. The first-order valence-electron chi connectivity index (χ1n) is 10.7. The molecule has 0 spiro atoms. The second-order valence-corrected chi connectivity index (χ2v) is 8.56. The monoisotopic (exact) mass is 340 g/mol. The minimum atomic E-state index is 0.706. The highest BCUT2D eigenvalue weighted by molar-refractivity contribution is 5.07. The molecule has 0 aromatic carbocycles. The van der Waals surface area contributed by atoms with Crippen molar-refractivity contribution in [2.75, 3.05) is 0 Å². The predicted octanol–water partition coefficient (Wildman–Crippen LogP) is 9.01. The van der Waals surface area contributed by atoms with Crippen molar-refractivity contribution >= 4 is 0 Å². The molecule has 0 aromatic heterocycles. The van der Waals surface area contributed by atoms with Gasteiger partial charge in [0.2, 0.25) is 0 Å². The molecule has 0 saturated heterocycles. The summed E-state index contributed by atoms with van der Waals surface area (Å²) < 4.78 is 0. The SMILES string of the molecule is C/C=C(/C(C)C)C(C)C(C)C.CC.CC(C)C.CCC1CC(C)C1. The number of hydrogen-bond donors (Lipinski definition) is 0. The molecule has 0 nitrogen and oxygen atoms in total. The van der Waals surface area contributed by atoms with Crippen molar-refractivity contribution in [3.05, 3.63) is 11.6 Å². The standard InChI is InChI=1S/C11H22.C7H14.C4H10.C2H6/c1-7-11(9(4)5)10(6)8(2)3;1-3-7-4-6(2)5-7;1-4(2)3;1-2/h7-10H,1-6H3;6-7H,3-5H2,1-2H3;4H,1-3H3;1-2H3/b11-7-;;;. The quantitative estimate of drug-likeness (QED) is 0.448. The molecule has 148 valence electrons. The molecule has 0 N–H and O–H groups in total. The molecule has 0 bridgehead atoms. The summed E-state index contributed by atoms with van der Waals surface area (Å²) in [5.74, 6) is 5.18. The summed E-state index contributed by atoms with van der Waals surface area (Å²) in [6.45, 7) is 28.7. The first-order valence-corrected chi connectivity index (χ1v) is 10.7. The first kappa shape index (κ1) is 28.5. The summed E-state index contributed by atoms with van der Waals surface area (Å²) in [4.78, 5) is 0. The Bertz CT molecular complexity index is 261. The van der Waals surface area contributed by atoms with Crippen LogP contribution in [0, 0.1) is 35.5 Å². The minimum Gasteiger partial charge on any atom is -0.0879 e. The molecule has 1 fully saturated rings. The van der Waals surface area contributed by atoms with Crippen molar-refractivity contribution in [2.24, 2.45) is 35.5 Å². The summed E-state index contributed by atoms with van der Waals surface area (Å²) in [7, 11) is 0. The summed E-state index contributed by atoms with van der Waals surface area (Å²) in [5, 5.41) is 0. The van der Waals surface area contributed by atoms with Crippen molar-refractivity contribution in [3.8, 4) is 0 Å². The predicted molar refractivity (Wildman–Crippen MR) is 117 cm³/mol. The maximum absolute atomic E-state index is 2.34. The van der Waals surface area contributed by atoms with Gasteiger partial charge >= 0.3 is 0 Å². The minimum absolute atomic E-state index is 0.706. The van der Waals surface area contributed by atoms with Crippen molar-refractivity contribution in [3.63, 3.8) is 0 Å². The smallest absolute Gasteiger partial charge is 0.0206 e. The van der Waals surface area contributed by atoms with E-state index in [1.807, 2.05) is 13.8 Å². The van der Waals surface area contributed by atoms with Crippen molar-refractivity contribution in [1.82, 2.24) is 0 Å². The Kier molecular flexibility index (Phi) is 20.9. The van der Waals surface area contributed by atoms with Crippen molar-refractivity contribution < 1.29 is 0 Å². The highest BCUT2D eigenvalue weighted by Gasteiger charge is 2.22. The van der Waals surface area contributed by atoms with Crippen LogP contribution in [-0.4, -0.2) is 0 Å². The first-order chi connectivity index (χ1) is 11.1. The molecule has 1 rings (SSSR count). The van der Waals surface area contributed by atoms with E-state index < -0.39 is 0 Å². The molecule has 1 aliphatic rings. The van der Waals surface area contributed by atoms with Gasteiger partial charge in [0.15, 0.2) is 0 Å². The largest absolute Gasteiger partial charge is 0.0879 e. The topological polar surface area (TPSA) is 0 Å². The van der Waals surface area contributed by atoms with E-state index >= 15 is 0 Å². The van der Waals surface area contributed by atoms with Crippen LogP contribution in [0.3, 0.4) is 0 Å². The van der Waals surface area contributed by atoms with Gasteiger partial charge in [-0.05, 0) is 55.3 Å². The molecule has 1 unspecified atom stereocenters. The Balaban J connectivity index is -0.000000289. The zero-order chi connectivity index (χ0) is 19.9. The fourth-order valence-electron chi connectivity index (χ4n) is 2.91. The molecular weight excluding hydrogens is 288 g/mol. The van der Waals surface area contributed by atoms with E-state index in [9.17, 15) is 0 Å². The molecular formula is C24H52. The van der Waals surface area contributed by atoms with E-state index in [0.29, 0.717) is 5.92 Å². The Morgan fingerprint density at radius 3 is 1.38 bits per heavy atom. The molecule has 0 heteroatoms. The van der Waals surface area contributed by atoms with Crippen LogP contribution in [0.1, 0.15) is 109 Å². The summed E-state index contributed by atoms with van der Waals surface area (Å²) in [6, 6.07) is 0. The lowest BCUT2D eigenvalue weighted by Crippen LogP contribution is -2.19. The van der Waals surface area contributed by atoms with Crippen molar-refractivity contribution in [2.45, 2.75) is 109 Å². The van der Waals surface area contributed by atoms with Crippen molar-refractivity contribution in [1.29, 1.82) is 0 Å². The Morgan fingerprint density at radius 1 is 0.917 bits per heavy atom. The zero-order valence-electron chi connectivity index (χ0n) is 19.7. The molecule has 1 aliphatic carbocycles. The van der Waals surface area contributed by atoms with Gasteiger partial charge in [-0.3, -0.25) is 0 Å². The van der Waals surface area contributed by atoms with Crippen LogP contribution in [0.2, 0.25) is 0 Å². The van der Waals surface area contributed by atoms with Gasteiger partial charge < -0.3 is 0 Å². The maximum atomic E-state index is 2.34. The molecule has 1 saturated carbocycles. The Hall–Kier alpha value is -0.260. The third-order valence-corrected chi connectivity index (χ3v) is 4.57. The van der Waals surface area contributed by atoms with Gasteiger partial charge in [-0.1, -0.05) is 101 Å². The Labute approximate surface area is 156 Å². The fraction of sp³-hybridized carbons (Fsp3) is 0.917. The van der Waals surface area contributed by atoms with Crippen LogP contribution in [0.5, 0.6) is 0 Å². The lowest BCUT2D eigenvalue weighted by Gasteiger charge is -2.31. The van der Waals surface area contributed by atoms with Crippen LogP contribution in [0.15, 0.2) is 11.6 Å². The number of rotatable bonds is 4. The van der Waals surface area contributed by atoms with E-state index in [-0.39, 0.29) is 0 Å². The summed E-state index contributed by atoms with van der Waals surface area (Å²) in [6.07, 6.45) is 6.67. The highest BCUT2D eigenvalue weighted by atomic mass is 14.3. The van der Waals surface area contributed by atoms with Gasteiger partial charge in [-0.25, -0.2) is 0 Å².